The molecule has 2 amide bonds. The van der Waals surface area contributed by atoms with Crippen molar-refractivity contribution in [2.24, 2.45) is 0 Å². The summed E-state index contributed by atoms with van der Waals surface area (Å²) in [5.41, 5.74) is 2.05. The number of hydrogen-bond donors (Lipinski definition) is 2. The molecule has 0 bridgehead atoms. The number of amides is 2. The Balaban J connectivity index is 1.32. The van der Waals surface area contributed by atoms with Gasteiger partial charge in [-0.05, 0) is 37.3 Å². The number of thioether (sulfide) groups is 2. The first-order chi connectivity index (χ1) is 16.9. The Kier molecular flexibility index (Phi) is 8.44. The van der Waals surface area contributed by atoms with Crippen LogP contribution in [0.2, 0.25) is 0 Å². The second-order valence-electron chi connectivity index (χ2n) is 6.99. The Morgan fingerprint density at radius 3 is 2.40 bits per heavy atom. The number of ether oxygens (including phenoxy) is 2. The van der Waals surface area contributed by atoms with Gasteiger partial charge < -0.3 is 20.1 Å². The van der Waals surface area contributed by atoms with Crippen LogP contribution < -0.4 is 20.1 Å². The summed E-state index contributed by atoms with van der Waals surface area (Å²) in [6.45, 7) is 1.88. The second kappa shape index (κ2) is 11.7. The number of fused-ring (bicyclic) bond motifs is 1. The molecule has 0 atom stereocenters. The van der Waals surface area contributed by atoms with Crippen LogP contribution in [0.1, 0.15) is 5.01 Å². The predicted molar refractivity (Wildman–Crippen MR) is 143 cm³/mol. The molecule has 0 aliphatic heterocycles. The van der Waals surface area contributed by atoms with E-state index in [-0.39, 0.29) is 23.3 Å². The van der Waals surface area contributed by atoms with Crippen molar-refractivity contribution in [2.75, 3.05) is 36.4 Å². The van der Waals surface area contributed by atoms with Crippen molar-refractivity contribution in [1.29, 1.82) is 0 Å². The van der Waals surface area contributed by atoms with Crippen LogP contribution in [-0.2, 0) is 9.59 Å². The summed E-state index contributed by atoms with van der Waals surface area (Å²) < 4.78 is 13.0. The lowest BCUT2D eigenvalue weighted by atomic mass is 10.2. The number of hydrogen-bond acceptors (Lipinski definition) is 11. The van der Waals surface area contributed by atoms with Gasteiger partial charge in [0.25, 0.3) is 0 Å². The van der Waals surface area contributed by atoms with E-state index in [0.717, 1.165) is 23.9 Å². The average Bonchev–Trinajstić information content (AvgIpc) is 3.46. The number of carbonyl (C=O) groups excluding carboxylic acids is 2. The summed E-state index contributed by atoms with van der Waals surface area (Å²) in [7, 11) is 3.11. The fourth-order valence-corrected chi connectivity index (χ4v) is 6.45. The molecule has 2 heterocycles. The first-order valence-electron chi connectivity index (χ1n) is 10.2. The number of carbonyl (C=O) groups is 2. The first kappa shape index (κ1) is 25.2. The van der Waals surface area contributed by atoms with E-state index >= 15 is 0 Å². The molecule has 182 valence electrons. The van der Waals surface area contributed by atoms with E-state index in [1.54, 1.807) is 32.4 Å². The number of aryl methyl sites for hydroxylation is 1. The van der Waals surface area contributed by atoms with E-state index < -0.39 is 0 Å². The van der Waals surface area contributed by atoms with Crippen LogP contribution >= 0.6 is 46.2 Å². The van der Waals surface area contributed by atoms with Crippen LogP contribution in [-0.4, -0.2) is 52.7 Å². The molecule has 13 heteroatoms. The smallest absolute Gasteiger partial charge is 0.234 e. The zero-order chi connectivity index (χ0) is 24.8. The van der Waals surface area contributed by atoms with Crippen molar-refractivity contribution >= 4 is 79.6 Å². The molecular weight excluding hydrogens is 527 g/mol. The van der Waals surface area contributed by atoms with E-state index in [4.69, 9.17) is 9.47 Å². The Morgan fingerprint density at radius 1 is 0.914 bits per heavy atom. The van der Waals surface area contributed by atoms with Crippen molar-refractivity contribution < 1.29 is 19.1 Å². The summed E-state index contributed by atoms with van der Waals surface area (Å²) in [5, 5.41) is 14.6. The third-order valence-electron chi connectivity index (χ3n) is 4.49. The molecule has 2 aromatic heterocycles. The minimum Gasteiger partial charge on any atom is -0.497 e. The van der Waals surface area contributed by atoms with Crippen molar-refractivity contribution in [3.63, 3.8) is 0 Å². The highest BCUT2D eigenvalue weighted by Crippen LogP contribution is 2.33. The molecule has 0 spiro atoms. The molecule has 0 fully saturated rings. The third kappa shape index (κ3) is 6.84. The molecule has 0 aliphatic rings. The molecule has 4 aromatic rings. The molecular formula is C22H21N5O4S4. The topological polar surface area (TPSA) is 115 Å². The van der Waals surface area contributed by atoms with E-state index in [9.17, 15) is 9.59 Å². The Labute approximate surface area is 218 Å². The van der Waals surface area contributed by atoms with E-state index in [0.29, 0.717) is 22.9 Å². The summed E-state index contributed by atoms with van der Waals surface area (Å²) in [6.07, 6.45) is 0. The van der Waals surface area contributed by atoms with Crippen LogP contribution in [0, 0.1) is 6.92 Å². The summed E-state index contributed by atoms with van der Waals surface area (Å²) in [5.74, 6) is 1.31. The van der Waals surface area contributed by atoms with Gasteiger partial charge in [0.15, 0.2) is 8.68 Å². The van der Waals surface area contributed by atoms with Gasteiger partial charge in [0.2, 0.25) is 11.8 Å². The highest BCUT2D eigenvalue weighted by Gasteiger charge is 2.13. The number of aromatic nitrogens is 3. The SMILES string of the molecule is COc1ccc(OC)c(NC(=O)CSc2nc3ccc(NC(=O)CSc4nnc(C)s4)cc3s2)c1. The molecule has 35 heavy (non-hydrogen) atoms. The van der Waals surface area contributed by atoms with Crippen molar-refractivity contribution in [1.82, 2.24) is 15.2 Å². The minimum atomic E-state index is -0.183. The van der Waals surface area contributed by atoms with Crippen LogP contribution in [0.15, 0.2) is 45.1 Å². The van der Waals surface area contributed by atoms with Gasteiger partial charge in [-0.25, -0.2) is 4.98 Å². The normalized spacial score (nSPS) is 10.8. The number of anilines is 2. The van der Waals surface area contributed by atoms with Crippen molar-refractivity contribution in [3.8, 4) is 11.5 Å². The monoisotopic (exact) mass is 547 g/mol. The molecule has 0 unspecified atom stereocenters. The Hall–Kier alpha value is -2.87. The second-order valence-corrected chi connectivity index (χ2v) is 11.6. The molecule has 2 aromatic carbocycles. The van der Waals surface area contributed by atoms with Crippen molar-refractivity contribution in [3.05, 3.63) is 41.4 Å². The van der Waals surface area contributed by atoms with Gasteiger partial charge in [0.05, 0.1) is 41.6 Å². The largest absolute Gasteiger partial charge is 0.497 e. The van der Waals surface area contributed by atoms with Gasteiger partial charge in [-0.2, -0.15) is 0 Å². The maximum atomic E-state index is 12.5. The van der Waals surface area contributed by atoms with E-state index in [2.05, 4.69) is 25.8 Å². The van der Waals surface area contributed by atoms with Crippen LogP contribution in [0.25, 0.3) is 10.2 Å². The van der Waals surface area contributed by atoms with Gasteiger partial charge >= 0.3 is 0 Å². The summed E-state index contributed by atoms with van der Waals surface area (Å²) in [4.78, 5) is 29.4. The molecule has 4 rings (SSSR count). The Bertz CT molecular complexity index is 1360. The summed E-state index contributed by atoms with van der Waals surface area (Å²) >= 11 is 5.63. The van der Waals surface area contributed by atoms with Gasteiger partial charge in [0.1, 0.15) is 16.5 Å². The van der Waals surface area contributed by atoms with Gasteiger partial charge in [-0.1, -0.05) is 34.9 Å². The number of rotatable bonds is 10. The van der Waals surface area contributed by atoms with E-state index in [1.807, 2.05) is 25.1 Å². The number of nitrogens with one attached hydrogen (secondary N) is 2. The summed E-state index contributed by atoms with van der Waals surface area (Å²) in [6, 6.07) is 10.8. The zero-order valence-corrected chi connectivity index (χ0v) is 22.3. The molecule has 0 saturated carbocycles. The lowest BCUT2D eigenvalue weighted by Gasteiger charge is -2.11. The van der Waals surface area contributed by atoms with Crippen molar-refractivity contribution in [2.45, 2.75) is 15.6 Å². The third-order valence-corrected chi connectivity index (χ3v) is 8.63. The fraction of sp³-hybridized carbons (Fsp3) is 0.227. The highest BCUT2D eigenvalue weighted by atomic mass is 32.2. The van der Waals surface area contributed by atoms with Gasteiger partial charge in [0, 0.05) is 11.8 Å². The fourth-order valence-electron chi connectivity index (χ4n) is 2.93. The average molecular weight is 548 g/mol. The molecule has 2 N–H and O–H groups in total. The molecule has 9 nitrogen and oxygen atoms in total. The van der Waals surface area contributed by atoms with Gasteiger partial charge in [-0.15, -0.1) is 21.5 Å². The first-order valence-corrected chi connectivity index (χ1v) is 13.8. The minimum absolute atomic E-state index is 0.119. The maximum absolute atomic E-state index is 12.5. The quantitative estimate of drug-likeness (QED) is 0.267. The van der Waals surface area contributed by atoms with Crippen LogP contribution in [0.3, 0.4) is 0 Å². The highest BCUT2D eigenvalue weighted by molar-refractivity contribution is 8.02. The zero-order valence-electron chi connectivity index (χ0n) is 19.0. The van der Waals surface area contributed by atoms with Crippen LogP contribution in [0.5, 0.6) is 11.5 Å². The molecule has 0 saturated heterocycles. The molecule has 0 aliphatic carbocycles. The number of methoxy groups -OCH3 is 2. The number of nitrogens with zero attached hydrogens (tertiary/aromatic N) is 3. The van der Waals surface area contributed by atoms with Crippen LogP contribution in [0.4, 0.5) is 11.4 Å². The number of benzene rings is 2. The Morgan fingerprint density at radius 2 is 1.69 bits per heavy atom. The van der Waals surface area contributed by atoms with Gasteiger partial charge in [-0.3, -0.25) is 9.59 Å². The predicted octanol–water partition coefficient (Wildman–Crippen LogP) is 4.94. The molecule has 0 radical (unpaired) electrons. The lowest BCUT2D eigenvalue weighted by molar-refractivity contribution is -0.114. The lowest BCUT2D eigenvalue weighted by Crippen LogP contribution is -2.14. The number of thiazole rings is 1. The van der Waals surface area contributed by atoms with E-state index in [1.165, 1.54) is 46.2 Å². The maximum Gasteiger partial charge on any atom is 0.234 e. The standard InChI is InChI=1S/C22H21N5O4S4/c1-12-26-27-22(34-12)33-10-19(28)23-13-4-6-15-18(8-13)35-21(25-15)32-11-20(29)24-16-9-14(30-2)5-7-17(16)31-3/h4-9H,10-11H2,1-3H3,(H,23,28)(H,24,29).